The number of carboxylic acid groups (broad SMARTS) is 1. The number of alkyl carbamates (subject to hydrolysis) is 1. The highest BCUT2D eigenvalue weighted by Crippen LogP contribution is 2.44. The van der Waals surface area contributed by atoms with E-state index in [-0.39, 0.29) is 38.0 Å². The molecule has 0 fully saturated rings. The van der Waals surface area contributed by atoms with E-state index in [0.717, 1.165) is 22.3 Å². The summed E-state index contributed by atoms with van der Waals surface area (Å²) in [4.78, 5) is 35.6. The zero-order valence-electron chi connectivity index (χ0n) is 18.6. The number of carboxylic acids is 1. The lowest BCUT2D eigenvalue weighted by molar-refractivity contribution is -0.142. The van der Waals surface area contributed by atoms with Crippen molar-refractivity contribution < 1.29 is 29.3 Å². The standard InChI is InChI=1S/C25H30N2O6/c1-2-16(11-12-23(29)27-22(13-14-28)24(30)31)26-25(32)33-15-21-19-9-5-3-7-17(19)18-8-4-6-10-20(18)21/h3-10,16,21-22,28H,2,11-15H2,1H3,(H,26,32)(H,27,29)(H,30,31)/t16?,22-/m0/s1. The highest BCUT2D eigenvalue weighted by Gasteiger charge is 2.29. The zero-order valence-corrected chi connectivity index (χ0v) is 18.6. The molecule has 1 aliphatic rings. The maximum Gasteiger partial charge on any atom is 0.407 e. The molecule has 1 aliphatic carbocycles. The minimum atomic E-state index is -1.19. The van der Waals surface area contributed by atoms with Crippen molar-refractivity contribution in [2.75, 3.05) is 13.2 Å². The van der Waals surface area contributed by atoms with Crippen molar-refractivity contribution in [2.45, 2.75) is 50.6 Å². The van der Waals surface area contributed by atoms with Crippen molar-refractivity contribution in [3.8, 4) is 11.1 Å². The number of hydrogen-bond acceptors (Lipinski definition) is 5. The summed E-state index contributed by atoms with van der Waals surface area (Å²) in [5.41, 5.74) is 4.57. The van der Waals surface area contributed by atoms with Gasteiger partial charge in [-0.2, -0.15) is 0 Å². The van der Waals surface area contributed by atoms with Crippen LogP contribution in [0, 0.1) is 0 Å². The number of hydrogen-bond donors (Lipinski definition) is 4. The number of ether oxygens (including phenoxy) is 1. The Hall–Kier alpha value is -3.39. The molecule has 0 bridgehead atoms. The van der Waals surface area contributed by atoms with Gasteiger partial charge in [-0.05, 0) is 35.1 Å². The third-order valence-corrected chi connectivity index (χ3v) is 5.93. The molecule has 8 nitrogen and oxygen atoms in total. The second kappa shape index (κ2) is 11.5. The lowest BCUT2D eigenvalue weighted by Crippen LogP contribution is -2.42. The summed E-state index contributed by atoms with van der Waals surface area (Å²) in [6.45, 7) is 1.76. The Morgan fingerprint density at radius 3 is 2.12 bits per heavy atom. The van der Waals surface area contributed by atoms with Gasteiger partial charge in [-0.1, -0.05) is 55.5 Å². The van der Waals surface area contributed by atoms with Crippen LogP contribution in [0.2, 0.25) is 0 Å². The molecule has 2 aromatic carbocycles. The Kier molecular flexibility index (Phi) is 8.43. The van der Waals surface area contributed by atoms with Crippen molar-refractivity contribution in [3.63, 3.8) is 0 Å². The summed E-state index contributed by atoms with van der Waals surface area (Å²) < 4.78 is 5.55. The van der Waals surface area contributed by atoms with Crippen molar-refractivity contribution in [1.29, 1.82) is 0 Å². The number of amides is 2. The first-order valence-corrected chi connectivity index (χ1v) is 11.2. The van der Waals surface area contributed by atoms with Crippen LogP contribution in [0.1, 0.15) is 49.7 Å². The van der Waals surface area contributed by atoms with Crippen molar-refractivity contribution >= 4 is 18.0 Å². The average molecular weight is 455 g/mol. The van der Waals surface area contributed by atoms with E-state index in [2.05, 4.69) is 34.9 Å². The van der Waals surface area contributed by atoms with Gasteiger partial charge in [-0.15, -0.1) is 0 Å². The first kappa shape index (κ1) is 24.3. The smallest absolute Gasteiger partial charge is 0.407 e. The number of carbonyl (C=O) groups excluding carboxylic acids is 2. The number of aliphatic hydroxyl groups excluding tert-OH is 1. The average Bonchev–Trinajstić information content (AvgIpc) is 3.13. The Bertz CT molecular complexity index is 947. The third-order valence-electron chi connectivity index (χ3n) is 5.93. The van der Waals surface area contributed by atoms with E-state index in [0.29, 0.717) is 12.8 Å². The molecule has 2 atom stereocenters. The van der Waals surface area contributed by atoms with E-state index in [4.69, 9.17) is 14.9 Å². The number of aliphatic carboxylic acids is 1. The summed E-state index contributed by atoms with van der Waals surface area (Å²) >= 11 is 0. The van der Waals surface area contributed by atoms with E-state index >= 15 is 0 Å². The second-order valence-corrected chi connectivity index (χ2v) is 8.08. The van der Waals surface area contributed by atoms with Crippen molar-refractivity contribution in [1.82, 2.24) is 10.6 Å². The van der Waals surface area contributed by atoms with Gasteiger partial charge < -0.3 is 25.6 Å². The van der Waals surface area contributed by atoms with Gasteiger partial charge in [0.05, 0.1) is 0 Å². The van der Waals surface area contributed by atoms with E-state index in [9.17, 15) is 14.4 Å². The molecule has 0 spiro atoms. The SMILES string of the molecule is CCC(CCC(=O)N[C@@H](CCO)C(=O)O)NC(=O)OCC1c2ccccc2-c2ccccc21. The fraction of sp³-hybridized carbons (Fsp3) is 0.400. The molecule has 0 heterocycles. The molecule has 0 aromatic heterocycles. The maximum atomic E-state index is 12.5. The third kappa shape index (κ3) is 6.10. The first-order valence-electron chi connectivity index (χ1n) is 11.2. The summed E-state index contributed by atoms with van der Waals surface area (Å²) in [7, 11) is 0. The summed E-state index contributed by atoms with van der Waals surface area (Å²) in [5.74, 6) is -1.67. The Morgan fingerprint density at radius 2 is 1.58 bits per heavy atom. The van der Waals surface area contributed by atoms with Gasteiger partial charge >= 0.3 is 12.1 Å². The minimum absolute atomic E-state index is 0.0338. The number of fused-ring (bicyclic) bond motifs is 3. The number of nitrogens with one attached hydrogen (secondary N) is 2. The van der Waals surface area contributed by atoms with Crippen LogP contribution < -0.4 is 10.6 Å². The summed E-state index contributed by atoms with van der Waals surface area (Å²) in [5, 5.41) is 23.2. The van der Waals surface area contributed by atoms with Crippen LogP contribution in [0.3, 0.4) is 0 Å². The van der Waals surface area contributed by atoms with Crippen LogP contribution in [-0.4, -0.2) is 53.5 Å². The fourth-order valence-corrected chi connectivity index (χ4v) is 4.14. The van der Waals surface area contributed by atoms with E-state index in [1.807, 2.05) is 31.2 Å². The molecule has 0 saturated heterocycles. The first-order chi connectivity index (χ1) is 15.9. The quantitative estimate of drug-likeness (QED) is 0.414. The molecule has 2 amide bonds. The van der Waals surface area contributed by atoms with Gasteiger partial charge in [0.25, 0.3) is 0 Å². The lowest BCUT2D eigenvalue weighted by Gasteiger charge is -2.19. The lowest BCUT2D eigenvalue weighted by atomic mass is 9.98. The van der Waals surface area contributed by atoms with Gasteiger partial charge in [0.1, 0.15) is 12.6 Å². The van der Waals surface area contributed by atoms with Gasteiger partial charge in [-0.25, -0.2) is 9.59 Å². The van der Waals surface area contributed by atoms with E-state index < -0.39 is 24.0 Å². The number of aliphatic hydroxyl groups is 1. The number of benzene rings is 2. The van der Waals surface area contributed by atoms with Crippen LogP contribution in [0.15, 0.2) is 48.5 Å². The van der Waals surface area contributed by atoms with Crippen LogP contribution >= 0.6 is 0 Å². The molecular weight excluding hydrogens is 424 g/mol. The maximum absolute atomic E-state index is 12.5. The van der Waals surface area contributed by atoms with Gasteiger partial charge in [0.15, 0.2) is 0 Å². The molecule has 2 aromatic rings. The molecule has 0 radical (unpaired) electrons. The molecular formula is C25H30N2O6. The van der Waals surface area contributed by atoms with Crippen molar-refractivity contribution in [2.24, 2.45) is 0 Å². The second-order valence-electron chi connectivity index (χ2n) is 8.08. The van der Waals surface area contributed by atoms with Gasteiger partial charge in [0, 0.05) is 31.4 Å². The van der Waals surface area contributed by atoms with Gasteiger partial charge in [0.2, 0.25) is 5.91 Å². The molecule has 176 valence electrons. The van der Waals surface area contributed by atoms with Gasteiger partial charge in [-0.3, -0.25) is 4.79 Å². The van der Waals surface area contributed by atoms with Crippen molar-refractivity contribution in [3.05, 3.63) is 59.7 Å². The van der Waals surface area contributed by atoms with Crippen LogP contribution in [0.25, 0.3) is 11.1 Å². The Morgan fingerprint density at radius 1 is 0.970 bits per heavy atom. The largest absolute Gasteiger partial charge is 0.480 e. The molecule has 1 unspecified atom stereocenters. The summed E-state index contributed by atoms with van der Waals surface area (Å²) in [6.07, 6.45) is 0.384. The molecule has 4 N–H and O–H groups in total. The molecule has 3 rings (SSSR count). The minimum Gasteiger partial charge on any atom is -0.480 e. The molecule has 8 heteroatoms. The Labute approximate surface area is 193 Å². The van der Waals surface area contributed by atoms with Crippen LogP contribution in [-0.2, 0) is 14.3 Å². The molecule has 0 aliphatic heterocycles. The van der Waals surface area contributed by atoms with Crippen LogP contribution in [0.4, 0.5) is 4.79 Å². The van der Waals surface area contributed by atoms with E-state index in [1.54, 1.807) is 0 Å². The highest BCUT2D eigenvalue weighted by molar-refractivity contribution is 5.83. The Balaban J connectivity index is 1.51. The normalized spacial score (nSPS) is 14.0. The van der Waals surface area contributed by atoms with Crippen LogP contribution in [0.5, 0.6) is 0 Å². The number of carbonyl (C=O) groups is 3. The predicted octanol–water partition coefficient (Wildman–Crippen LogP) is 3.04. The molecule has 33 heavy (non-hydrogen) atoms. The molecule has 0 saturated carbocycles. The topological polar surface area (TPSA) is 125 Å². The summed E-state index contributed by atoms with van der Waals surface area (Å²) in [6, 6.07) is 14.8. The predicted molar refractivity (Wildman–Crippen MR) is 123 cm³/mol. The monoisotopic (exact) mass is 454 g/mol. The highest BCUT2D eigenvalue weighted by atomic mass is 16.5. The number of rotatable bonds is 11. The fourth-order valence-electron chi connectivity index (χ4n) is 4.14. The zero-order chi connectivity index (χ0) is 23.8. The van der Waals surface area contributed by atoms with E-state index in [1.165, 1.54) is 0 Å².